The number of benzene rings is 3. The molecule has 6 rings (SSSR count). The fourth-order valence-electron chi connectivity index (χ4n) is 5.09. The highest BCUT2D eigenvalue weighted by molar-refractivity contribution is 8.00. The van der Waals surface area contributed by atoms with Gasteiger partial charge in [-0.05, 0) is 23.8 Å². The molecule has 4 aromatic rings. The van der Waals surface area contributed by atoms with Gasteiger partial charge in [0.15, 0.2) is 0 Å². The van der Waals surface area contributed by atoms with Crippen molar-refractivity contribution in [1.82, 2.24) is 4.98 Å². The summed E-state index contributed by atoms with van der Waals surface area (Å²) < 4.78 is 6.10. The largest absolute Gasteiger partial charge is 0.489 e. The van der Waals surface area contributed by atoms with Crippen molar-refractivity contribution in [3.63, 3.8) is 0 Å². The summed E-state index contributed by atoms with van der Waals surface area (Å²) in [4.78, 5) is 65.6. The lowest BCUT2D eigenvalue weighted by molar-refractivity contribution is -0.385. The molecule has 0 saturated carbocycles. The van der Waals surface area contributed by atoms with E-state index >= 15 is 0 Å². The number of aromatic nitrogens is 1. The Balaban J connectivity index is 1.47. The number of nitrogens with zero attached hydrogens (tertiary/aromatic N) is 3. The van der Waals surface area contributed by atoms with Crippen molar-refractivity contribution in [3.8, 4) is 5.75 Å². The first kappa shape index (κ1) is 26.4. The van der Waals surface area contributed by atoms with Gasteiger partial charge in [-0.25, -0.2) is 4.90 Å². The van der Waals surface area contributed by atoms with E-state index in [4.69, 9.17) is 4.74 Å². The highest BCUT2D eigenvalue weighted by atomic mass is 32.2. The number of thioether (sulfide) groups is 1. The molecular weight excluding hydrogens is 572 g/mol. The molecule has 0 aliphatic carbocycles. The number of carbonyl (C=O) groups is 2. The number of hydrogen-bond donors (Lipinski definition) is 1. The number of imide groups is 1. The average molecular weight is 591 g/mol. The summed E-state index contributed by atoms with van der Waals surface area (Å²) in [6.07, 6.45) is 0. The van der Waals surface area contributed by atoms with Gasteiger partial charge in [-0.15, -0.1) is 0 Å². The lowest BCUT2D eigenvalue weighted by Crippen LogP contribution is -2.32. The average Bonchev–Trinajstić information content (AvgIpc) is 3.46. The van der Waals surface area contributed by atoms with Crippen LogP contribution in [0.5, 0.6) is 5.75 Å². The molecule has 2 amide bonds. The van der Waals surface area contributed by atoms with Crippen LogP contribution in [0.2, 0.25) is 0 Å². The summed E-state index contributed by atoms with van der Waals surface area (Å²) in [5.41, 5.74) is 0.867. The van der Waals surface area contributed by atoms with Crippen LogP contribution in [0.3, 0.4) is 0 Å². The number of fused-ring (bicyclic) bond motifs is 2. The van der Waals surface area contributed by atoms with Gasteiger partial charge in [0.2, 0.25) is 11.8 Å². The fraction of sp³-hybridized carbons (Fsp3) is 0.148. The number of anilines is 1. The highest BCUT2D eigenvalue weighted by Crippen LogP contribution is 2.55. The van der Waals surface area contributed by atoms with Crippen molar-refractivity contribution in [1.29, 1.82) is 0 Å². The van der Waals surface area contributed by atoms with Crippen LogP contribution in [-0.2, 0) is 16.2 Å². The van der Waals surface area contributed by atoms with E-state index in [2.05, 4.69) is 4.98 Å². The van der Waals surface area contributed by atoms with Gasteiger partial charge in [0.1, 0.15) is 17.6 Å². The molecule has 0 spiro atoms. The number of ether oxygens (including phenoxy) is 1. The maximum Gasteiger partial charge on any atom is 0.305 e. The smallest absolute Gasteiger partial charge is 0.305 e. The molecule has 1 saturated heterocycles. The maximum absolute atomic E-state index is 14.0. The van der Waals surface area contributed by atoms with E-state index in [0.29, 0.717) is 15.5 Å². The van der Waals surface area contributed by atoms with Crippen molar-refractivity contribution >= 4 is 52.0 Å². The van der Waals surface area contributed by atoms with Gasteiger partial charge >= 0.3 is 4.87 Å². The maximum atomic E-state index is 14.0. The molecule has 12 nitrogen and oxygen atoms in total. The van der Waals surface area contributed by atoms with Crippen LogP contribution in [0.1, 0.15) is 21.9 Å². The SMILES string of the molecule is O=C1[C@H]2[C@H](c3cc([N+](=O)[O-])ccc3OCc3ccccc3)c3sc(=O)[nH]c3S[C@H]2C(=O)N1c1ccc([N+](=O)[O-])cc1. The van der Waals surface area contributed by atoms with Gasteiger partial charge < -0.3 is 9.72 Å². The van der Waals surface area contributed by atoms with Crippen LogP contribution in [0, 0.1) is 26.1 Å². The molecule has 0 unspecified atom stereocenters. The Bertz CT molecular complexity index is 1770. The minimum absolute atomic E-state index is 0.138. The Morgan fingerprint density at radius 3 is 2.24 bits per heavy atom. The van der Waals surface area contributed by atoms with Crippen LogP contribution in [0.15, 0.2) is 82.6 Å². The van der Waals surface area contributed by atoms with Gasteiger partial charge in [-0.2, -0.15) is 0 Å². The second-order valence-electron chi connectivity index (χ2n) is 9.29. The quantitative estimate of drug-likeness (QED) is 0.183. The number of nitrogens with one attached hydrogen (secondary N) is 1. The molecular formula is C27H18N4O8S2. The summed E-state index contributed by atoms with van der Waals surface area (Å²) in [5, 5.41) is 22.3. The van der Waals surface area contributed by atoms with Gasteiger partial charge in [-0.1, -0.05) is 53.4 Å². The number of rotatable bonds is 7. The number of non-ortho nitro benzene ring substituents is 2. The fourth-order valence-corrected chi connectivity index (χ4v) is 7.60. The van der Waals surface area contributed by atoms with Crippen molar-refractivity contribution < 1.29 is 24.2 Å². The molecule has 3 heterocycles. The van der Waals surface area contributed by atoms with Crippen LogP contribution in [0.4, 0.5) is 17.1 Å². The molecule has 3 aromatic carbocycles. The first-order valence-electron chi connectivity index (χ1n) is 12.2. The molecule has 0 radical (unpaired) electrons. The van der Waals surface area contributed by atoms with E-state index in [-0.39, 0.29) is 29.4 Å². The van der Waals surface area contributed by atoms with Crippen molar-refractivity contribution in [2.45, 2.75) is 22.8 Å². The second kappa shape index (κ2) is 10.3. The first-order valence-corrected chi connectivity index (χ1v) is 13.9. The number of H-pyrrole nitrogens is 1. The summed E-state index contributed by atoms with van der Waals surface area (Å²) in [7, 11) is 0. The van der Waals surface area contributed by atoms with E-state index in [1.165, 1.54) is 42.5 Å². The van der Waals surface area contributed by atoms with Crippen LogP contribution < -0.4 is 14.5 Å². The molecule has 2 aliphatic heterocycles. The molecule has 1 N–H and O–H groups in total. The standard InChI is InChI=1S/C27H18N4O8S2/c32-25-21-20(18-12-17(31(37)38)10-11-19(18)39-13-14-4-2-1-3-5-14)22-24(28-27(34)41-22)40-23(21)26(33)29(25)15-6-8-16(9-7-15)30(35)36/h1-12,20-21,23H,13H2,(H,28,34)/t20-,21-,23+/m0/s1. The number of amides is 2. The zero-order valence-electron chi connectivity index (χ0n) is 20.8. The van der Waals surface area contributed by atoms with Crippen molar-refractivity contribution in [2.75, 3.05) is 4.90 Å². The van der Waals surface area contributed by atoms with Gasteiger partial charge in [0.25, 0.3) is 11.4 Å². The predicted molar refractivity (Wildman–Crippen MR) is 149 cm³/mol. The predicted octanol–water partition coefficient (Wildman–Crippen LogP) is 4.63. The number of hydrogen-bond acceptors (Lipinski definition) is 10. The van der Waals surface area contributed by atoms with Crippen LogP contribution in [0.25, 0.3) is 0 Å². The van der Waals surface area contributed by atoms with E-state index < -0.39 is 43.6 Å². The second-order valence-corrected chi connectivity index (χ2v) is 11.5. The summed E-state index contributed by atoms with van der Waals surface area (Å²) in [6.45, 7) is 0.138. The third kappa shape index (κ3) is 4.66. The van der Waals surface area contributed by atoms with E-state index in [1.807, 2.05) is 30.3 Å². The molecule has 2 aliphatic rings. The monoisotopic (exact) mass is 590 g/mol. The Labute approximate surface area is 238 Å². The van der Waals surface area contributed by atoms with E-state index in [1.54, 1.807) is 0 Å². The first-order chi connectivity index (χ1) is 19.7. The number of nitro groups is 2. The lowest BCUT2D eigenvalue weighted by Gasteiger charge is -2.30. The van der Waals surface area contributed by atoms with Gasteiger partial charge in [-0.3, -0.25) is 34.6 Å². The minimum atomic E-state index is -1.03. The van der Waals surface area contributed by atoms with E-state index in [9.17, 15) is 34.6 Å². The minimum Gasteiger partial charge on any atom is -0.489 e. The Morgan fingerprint density at radius 1 is 0.878 bits per heavy atom. The zero-order chi connectivity index (χ0) is 28.8. The zero-order valence-corrected chi connectivity index (χ0v) is 22.4. The third-order valence-electron chi connectivity index (χ3n) is 6.92. The number of aromatic amines is 1. The normalized spacial score (nSPS) is 19.5. The molecule has 14 heteroatoms. The number of thiazole rings is 1. The Kier molecular flexibility index (Phi) is 6.63. The van der Waals surface area contributed by atoms with E-state index in [0.717, 1.165) is 33.6 Å². The number of nitro benzene ring substituents is 2. The van der Waals surface area contributed by atoms with Crippen molar-refractivity contribution in [2.24, 2.45) is 5.92 Å². The third-order valence-corrected chi connectivity index (χ3v) is 9.32. The Hall–Kier alpha value is -4.82. The molecule has 41 heavy (non-hydrogen) atoms. The lowest BCUT2D eigenvalue weighted by atomic mass is 9.82. The van der Waals surface area contributed by atoms with Crippen molar-refractivity contribution in [3.05, 3.63) is 119 Å². The Morgan fingerprint density at radius 2 is 1.56 bits per heavy atom. The molecule has 3 atom stereocenters. The highest BCUT2D eigenvalue weighted by Gasteiger charge is 2.57. The van der Waals surface area contributed by atoms with Crippen LogP contribution in [-0.4, -0.2) is 31.9 Å². The molecule has 1 fully saturated rings. The van der Waals surface area contributed by atoms with Gasteiger partial charge in [0.05, 0.1) is 26.5 Å². The molecule has 0 bridgehead atoms. The topological polar surface area (TPSA) is 166 Å². The van der Waals surface area contributed by atoms with Gasteiger partial charge in [0, 0.05) is 40.6 Å². The summed E-state index contributed by atoms with van der Waals surface area (Å²) >= 11 is 1.92. The summed E-state index contributed by atoms with van der Waals surface area (Å²) in [5.74, 6) is -2.80. The summed E-state index contributed by atoms with van der Waals surface area (Å²) in [6, 6.07) is 18.4. The molecule has 206 valence electrons. The van der Waals surface area contributed by atoms with Crippen LogP contribution >= 0.6 is 23.1 Å². The number of carbonyl (C=O) groups excluding carboxylic acids is 2. The molecule has 1 aromatic heterocycles.